The maximum atomic E-state index is 11.4. The summed E-state index contributed by atoms with van der Waals surface area (Å²) in [7, 11) is -6.99. The van der Waals surface area contributed by atoms with Crippen molar-refractivity contribution in [3.63, 3.8) is 0 Å². The third-order valence-electron chi connectivity index (χ3n) is 9.68. The molecule has 4 aliphatic rings. The highest BCUT2D eigenvalue weighted by molar-refractivity contribution is 7.89. The van der Waals surface area contributed by atoms with Crippen LogP contribution in [0.4, 0.5) is 0 Å². The Morgan fingerprint density at radius 2 is 1.48 bits per heavy atom. The molecule has 0 aromatic heterocycles. The van der Waals surface area contributed by atoms with E-state index in [0.717, 1.165) is 32.1 Å². The van der Waals surface area contributed by atoms with E-state index >= 15 is 0 Å². The number of primary sulfonamides is 2. The smallest absolute Gasteiger partial charge is 0.210 e. The summed E-state index contributed by atoms with van der Waals surface area (Å²) in [6.45, 7) is 8.38. The summed E-state index contributed by atoms with van der Waals surface area (Å²) in [5, 5.41) is 22.7. The van der Waals surface area contributed by atoms with Crippen LogP contribution in [0.1, 0.15) is 66.2 Å². The quantitative estimate of drug-likeness (QED) is 0.350. The molecule has 0 heterocycles. The molecule has 0 spiro atoms. The lowest BCUT2D eigenvalue weighted by atomic mass is 9.69. The van der Waals surface area contributed by atoms with Crippen molar-refractivity contribution < 1.29 is 22.0 Å². The maximum absolute atomic E-state index is 11.4. The fraction of sp³-hybridized carbons (Fsp3) is 0.950. The number of oxime groups is 1. The highest BCUT2D eigenvalue weighted by Crippen LogP contribution is 2.66. The van der Waals surface area contributed by atoms with Crippen LogP contribution in [0.25, 0.3) is 0 Å². The summed E-state index contributed by atoms with van der Waals surface area (Å²) in [5.74, 6) is 0.905. The third-order valence-corrected chi connectivity index (χ3v) is 11.5. The second kappa shape index (κ2) is 7.38. The van der Waals surface area contributed by atoms with Crippen LogP contribution < -0.4 is 16.0 Å². The van der Waals surface area contributed by atoms with Gasteiger partial charge in [0, 0.05) is 16.9 Å². The molecule has 7 N–H and O–H groups in total. The average molecular weight is 479 g/mol. The standard InChI is InChI=1S/C10H18N2O3S.C10H20N2O2S/c1-9(2)7-3-4-10(9,6-16(11,14)15)8(5-7)12-13;1-9(2)7-3-4-10(9,8(11)5-7)6-15(12,13)14/h7,13H,3-6H2,1-2H3,(H2,11,14,15);7-8H,3-6,11H2,1-2H3,(H2,12,13,14)/b12-8+;/t7?,10-;7?,8?,10-/m11/s1. The van der Waals surface area contributed by atoms with Crippen molar-refractivity contribution in [1.29, 1.82) is 0 Å². The molecule has 3 unspecified atom stereocenters. The molecule has 0 aromatic carbocycles. The lowest BCUT2D eigenvalue weighted by molar-refractivity contribution is 0.139. The van der Waals surface area contributed by atoms with Gasteiger partial charge >= 0.3 is 0 Å². The number of nitrogens with zero attached hydrogens (tertiary/aromatic N) is 1. The van der Waals surface area contributed by atoms with Crippen LogP contribution in [0.2, 0.25) is 0 Å². The van der Waals surface area contributed by atoms with E-state index in [4.69, 9.17) is 21.2 Å². The van der Waals surface area contributed by atoms with Gasteiger partial charge in [0.25, 0.3) is 0 Å². The second-order valence-electron chi connectivity index (χ2n) is 11.4. The first-order valence-electron chi connectivity index (χ1n) is 10.9. The molecule has 0 saturated heterocycles. The van der Waals surface area contributed by atoms with Crippen LogP contribution in [0.3, 0.4) is 0 Å². The minimum Gasteiger partial charge on any atom is -0.411 e. The molecular weight excluding hydrogens is 440 g/mol. The number of nitrogens with two attached hydrogens (primary N) is 3. The second-order valence-corrected chi connectivity index (χ2v) is 14.6. The van der Waals surface area contributed by atoms with Gasteiger partial charge in [-0.2, -0.15) is 0 Å². The zero-order chi connectivity index (χ0) is 23.7. The number of fused-ring (bicyclic) bond motifs is 4. The first-order chi connectivity index (χ1) is 13.9. The molecule has 4 saturated carbocycles. The van der Waals surface area contributed by atoms with Crippen LogP contribution in [-0.2, 0) is 20.0 Å². The fourth-order valence-corrected chi connectivity index (χ4v) is 10.3. The molecule has 4 fully saturated rings. The molecule has 31 heavy (non-hydrogen) atoms. The van der Waals surface area contributed by atoms with Crippen molar-refractivity contribution in [3.8, 4) is 0 Å². The highest BCUT2D eigenvalue weighted by Gasteiger charge is 2.65. The molecule has 5 atom stereocenters. The van der Waals surface area contributed by atoms with Crippen LogP contribution in [0.15, 0.2) is 5.16 Å². The van der Waals surface area contributed by atoms with Gasteiger partial charge in [-0.15, -0.1) is 0 Å². The van der Waals surface area contributed by atoms with Gasteiger partial charge in [-0.05, 0) is 61.2 Å². The zero-order valence-electron chi connectivity index (χ0n) is 19.0. The minimum atomic E-state index is -3.56. The Morgan fingerprint density at radius 1 is 0.935 bits per heavy atom. The minimum absolute atomic E-state index is 0.00965. The molecular formula is C20H38N4O5S2. The molecule has 11 heteroatoms. The fourth-order valence-electron chi connectivity index (χ4n) is 7.47. The van der Waals surface area contributed by atoms with Crippen molar-refractivity contribution in [2.24, 2.45) is 54.7 Å². The van der Waals surface area contributed by atoms with Gasteiger partial charge in [-0.25, -0.2) is 27.1 Å². The Morgan fingerprint density at radius 3 is 1.87 bits per heavy atom. The first-order valence-corrected chi connectivity index (χ1v) is 14.3. The van der Waals surface area contributed by atoms with E-state index in [1.54, 1.807) is 0 Å². The van der Waals surface area contributed by atoms with Gasteiger partial charge in [0.05, 0.1) is 17.2 Å². The predicted molar refractivity (Wildman–Crippen MR) is 120 cm³/mol. The molecule has 4 bridgehead atoms. The summed E-state index contributed by atoms with van der Waals surface area (Å²) >= 11 is 0. The predicted octanol–water partition coefficient (Wildman–Crippen LogP) is 1.36. The van der Waals surface area contributed by atoms with Gasteiger partial charge in [0.15, 0.2) is 0 Å². The number of sulfonamides is 2. The molecule has 0 aliphatic heterocycles. The zero-order valence-corrected chi connectivity index (χ0v) is 20.6. The Balaban J connectivity index is 0.000000176. The van der Waals surface area contributed by atoms with E-state index in [0.29, 0.717) is 24.0 Å². The first kappa shape index (κ1) is 24.9. The Bertz CT molecular complexity index is 976. The molecule has 0 radical (unpaired) electrons. The van der Waals surface area contributed by atoms with Crippen molar-refractivity contribution >= 4 is 25.8 Å². The van der Waals surface area contributed by atoms with E-state index < -0.39 is 25.5 Å². The SMILES string of the molecule is CC1(C)C2CC[C@@]1(CS(N)(=O)=O)/C(=N/O)C2.CC1(C)C2CC[C@@]1(CS(N)(=O)=O)C(N)C2. The van der Waals surface area contributed by atoms with E-state index in [-0.39, 0.29) is 33.8 Å². The van der Waals surface area contributed by atoms with E-state index in [9.17, 15) is 16.8 Å². The maximum Gasteiger partial charge on any atom is 0.210 e. The summed E-state index contributed by atoms with van der Waals surface area (Å²) in [5.41, 5.74) is 5.75. The lowest BCUT2D eigenvalue weighted by Crippen LogP contribution is -2.49. The normalized spacial score (nSPS) is 41.4. The Kier molecular flexibility index (Phi) is 5.92. The molecule has 9 nitrogen and oxygen atoms in total. The largest absolute Gasteiger partial charge is 0.411 e. The van der Waals surface area contributed by atoms with Gasteiger partial charge in [0.1, 0.15) is 0 Å². The summed E-state index contributed by atoms with van der Waals surface area (Å²) < 4.78 is 45.4. The average Bonchev–Trinajstić information content (AvgIpc) is 3.11. The summed E-state index contributed by atoms with van der Waals surface area (Å²) in [6, 6.07) is -0.00965. The molecule has 0 aromatic rings. The summed E-state index contributed by atoms with van der Waals surface area (Å²) in [4.78, 5) is 0. The van der Waals surface area contributed by atoms with Gasteiger partial charge in [-0.1, -0.05) is 32.9 Å². The Hall–Kier alpha value is -0.750. The Labute approximate surface area is 186 Å². The van der Waals surface area contributed by atoms with Crippen molar-refractivity contribution in [1.82, 2.24) is 0 Å². The highest BCUT2D eigenvalue weighted by atomic mass is 32.2. The molecule has 0 amide bonds. The van der Waals surface area contributed by atoms with Crippen molar-refractivity contribution in [3.05, 3.63) is 0 Å². The number of rotatable bonds is 4. The van der Waals surface area contributed by atoms with E-state index in [2.05, 4.69) is 19.0 Å². The van der Waals surface area contributed by atoms with Crippen LogP contribution in [-0.4, -0.2) is 45.3 Å². The molecule has 180 valence electrons. The van der Waals surface area contributed by atoms with Gasteiger partial charge in [0.2, 0.25) is 20.0 Å². The number of hydrogen-bond donors (Lipinski definition) is 4. The molecule has 4 aliphatic carbocycles. The summed E-state index contributed by atoms with van der Waals surface area (Å²) in [6.07, 6.45) is 5.38. The van der Waals surface area contributed by atoms with E-state index in [1.807, 2.05) is 13.8 Å². The van der Waals surface area contributed by atoms with Crippen molar-refractivity contribution in [2.75, 3.05) is 11.5 Å². The lowest BCUT2D eigenvalue weighted by Gasteiger charge is -2.40. The van der Waals surface area contributed by atoms with Crippen LogP contribution >= 0.6 is 0 Å². The monoisotopic (exact) mass is 478 g/mol. The van der Waals surface area contributed by atoms with Crippen LogP contribution in [0, 0.1) is 33.5 Å². The van der Waals surface area contributed by atoms with E-state index in [1.165, 1.54) is 0 Å². The van der Waals surface area contributed by atoms with Crippen molar-refractivity contribution in [2.45, 2.75) is 72.3 Å². The third kappa shape index (κ3) is 3.84. The topological polar surface area (TPSA) is 179 Å². The molecule has 4 rings (SSSR count). The van der Waals surface area contributed by atoms with Gasteiger partial charge < -0.3 is 10.9 Å². The van der Waals surface area contributed by atoms with Gasteiger partial charge in [-0.3, -0.25) is 0 Å². The van der Waals surface area contributed by atoms with Crippen LogP contribution in [0.5, 0.6) is 0 Å². The number of hydrogen-bond acceptors (Lipinski definition) is 7.